The van der Waals surface area contributed by atoms with Gasteiger partial charge in [-0.15, -0.1) is 0 Å². The van der Waals surface area contributed by atoms with E-state index in [1.807, 2.05) is 20.8 Å². The molecule has 3 N–H and O–H groups in total. The average molecular weight is 293 g/mol. The maximum atomic E-state index is 12.7. The third-order valence-corrected chi connectivity index (χ3v) is 3.18. The Bertz CT molecular complexity index is 528. The van der Waals surface area contributed by atoms with Crippen molar-refractivity contribution in [2.45, 2.75) is 46.6 Å². The number of aryl methyl sites for hydroxylation is 2. The molecule has 1 heterocycles. The lowest BCUT2D eigenvalue weighted by atomic mass is 10.1. The highest BCUT2D eigenvalue weighted by molar-refractivity contribution is 5.95. The fourth-order valence-electron chi connectivity index (χ4n) is 1.99. The molecule has 0 aliphatic rings. The van der Waals surface area contributed by atoms with Crippen LogP contribution in [0.1, 0.15) is 48.9 Å². The van der Waals surface area contributed by atoms with E-state index in [1.165, 1.54) is 0 Å². The third kappa shape index (κ3) is 4.40. The van der Waals surface area contributed by atoms with Crippen LogP contribution in [0.5, 0.6) is 0 Å². The summed E-state index contributed by atoms with van der Waals surface area (Å²) in [5.74, 6) is -0.00112. The number of rotatable bonds is 6. The Hall–Kier alpha value is -2.18. The van der Waals surface area contributed by atoms with Crippen molar-refractivity contribution in [3.8, 4) is 0 Å². The first kappa shape index (κ1) is 16.9. The molecule has 0 saturated carbocycles. The minimum atomic E-state index is -0.106. The van der Waals surface area contributed by atoms with Gasteiger partial charge in [0.05, 0.1) is 17.0 Å². The summed E-state index contributed by atoms with van der Waals surface area (Å²) in [5.41, 5.74) is 7.43. The predicted octanol–water partition coefficient (Wildman–Crippen LogP) is 1.33. The Morgan fingerprint density at radius 3 is 2.67 bits per heavy atom. The number of amides is 1. The SMILES string of the molecule is CCc1nnc(C)cc1C(=O)N(CCC(N)=NO)C(C)C. The van der Waals surface area contributed by atoms with Gasteiger partial charge in [-0.2, -0.15) is 10.2 Å². The highest BCUT2D eigenvalue weighted by Crippen LogP contribution is 2.13. The second-order valence-corrected chi connectivity index (χ2v) is 5.13. The molecule has 0 spiro atoms. The van der Waals surface area contributed by atoms with Crippen LogP contribution in [0, 0.1) is 6.92 Å². The summed E-state index contributed by atoms with van der Waals surface area (Å²) in [5, 5.41) is 19.6. The molecule has 7 nitrogen and oxygen atoms in total. The molecule has 0 fully saturated rings. The molecule has 0 aromatic carbocycles. The fourth-order valence-corrected chi connectivity index (χ4v) is 1.99. The first-order valence-electron chi connectivity index (χ1n) is 7.01. The topological polar surface area (TPSA) is 105 Å². The number of hydrogen-bond donors (Lipinski definition) is 2. The van der Waals surface area contributed by atoms with Gasteiger partial charge < -0.3 is 15.8 Å². The molecule has 0 aliphatic heterocycles. The Labute approximate surface area is 124 Å². The van der Waals surface area contributed by atoms with Crippen molar-refractivity contribution in [2.75, 3.05) is 6.54 Å². The van der Waals surface area contributed by atoms with Crippen LogP contribution in [0.15, 0.2) is 11.2 Å². The fraction of sp³-hybridized carbons (Fsp3) is 0.571. The lowest BCUT2D eigenvalue weighted by Crippen LogP contribution is -2.39. The van der Waals surface area contributed by atoms with E-state index in [0.29, 0.717) is 36.3 Å². The first-order chi connectivity index (χ1) is 9.90. The van der Waals surface area contributed by atoms with Crippen molar-refractivity contribution in [1.82, 2.24) is 15.1 Å². The van der Waals surface area contributed by atoms with Crippen LogP contribution in [-0.4, -0.2) is 44.6 Å². The average Bonchev–Trinajstić information content (AvgIpc) is 2.46. The largest absolute Gasteiger partial charge is 0.409 e. The van der Waals surface area contributed by atoms with Crippen molar-refractivity contribution in [3.63, 3.8) is 0 Å². The second kappa shape index (κ2) is 7.56. The molecule has 0 bridgehead atoms. The summed E-state index contributed by atoms with van der Waals surface area (Å²) in [6.07, 6.45) is 0.958. The molecule has 1 aromatic rings. The van der Waals surface area contributed by atoms with E-state index in [4.69, 9.17) is 10.9 Å². The van der Waals surface area contributed by atoms with Crippen LogP contribution in [0.4, 0.5) is 0 Å². The summed E-state index contributed by atoms with van der Waals surface area (Å²) in [7, 11) is 0. The van der Waals surface area contributed by atoms with E-state index in [-0.39, 0.29) is 17.8 Å². The Morgan fingerprint density at radius 1 is 1.48 bits per heavy atom. The maximum absolute atomic E-state index is 12.7. The zero-order chi connectivity index (χ0) is 16.0. The number of nitrogens with two attached hydrogens (primary N) is 1. The van der Waals surface area contributed by atoms with Crippen molar-refractivity contribution >= 4 is 11.7 Å². The van der Waals surface area contributed by atoms with E-state index in [1.54, 1.807) is 17.9 Å². The lowest BCUT2D eigenvalue weighted by Gasteiger charge is -2.27. The molecular weight excluding hydrogens is 270 g/mol. The van der Waals surface area contributed by atoms with Crippen molar-refractivity contribution in [3.05, 3.63) is 23.0 Å². The summed E-state index contributed by atoms with van der Waals surface area (Å²) in [6, 6.07) is 1.76. The summed E-state index contributed by atoms with van der Waals surface area (Å²) >= 11 is 0. The van der Waals surface area contributed by atoms with Gasteiger partial charge in [0.25, 0.3) is 5.91 Å². The lowest BCUT2D eigenvalue weighted by molar-refractivity contribution is 0.0709. The second-order valence-electron chi connectivity index (χ2n) is 5.13. The quantitative estimate of drug-likeness (QED) is 0.356. The van der Waals surface area contributed by atoms with Crippen LogP contribution < -0.4 is 5.73 Å². The van der Waals surface area contributed by atoms with Gasteiger partial charge >= 0.3 is 0 Å². The van der Waals surface area contributed by atoms with Gasteiger partial charge in [0.15, 0.2) is 0 Å². The number of hydrogen-bond acceptors (Lipinski definition) is 5. The minimum Gasteiger partial charge on any atom is -0.409 e. The molecule has 1 aromatic heterocycles. The van der Waals surface area contributed by atoms with E-state index in [2.05, 4.69) is 15.4 Å². The highest BCUT2D eigenvalue weighted by atomic mass is 16.4. The van der Waals surface area contributed by atoms with Crippen LogP contribution in [0.2, 0.25) is 0 Å². The van der Waals surface area contributed by atoms with Crippen molar-refractivity contribution < 1.29 is 10.0 Å². The Balaban J connectivity index is 3.03. The first-order valence-corrected chi connectivity index (χ1v) is 7.01. The van der Waals surface area contributed by atoms with E-state index in [0.717, 1.165) is 0 Å². The van der Waals surface area contributed by atoms with Crippen LogP contribution in [0.3, 0.4) is 0 Å². The van der Waals surface area contributed by atoms with E-state index >= 15 is 0 Å². The molecule has 21 heavy (non-hydrogen) atoms. The minimum absolute atomic E-state index is 0.00201. The predicted molar refractivity (Wildman–Crippen MR) is 80.3 cm³/mol. The molecular formula is C14H23N5O2. The summed E-state index contributed by atoms with van der Waals surface area (Å²) in [6.45, 7) is 7.98. The Morgan fingerprint density at radius 2 is 2.14 bits per heavy atom. The van der Waals surface area contributed by atoms with Crippen LogP contribution >= 0.6 is 0 Å². The number of carbonyl (C=O) groups excluding carboxylic acids is 1. The van der Waals surface area contributed by atoms with Gasteiger partial charge in [0, 0.05) is 19.0 Å². The van der Waals surface area contributed by atoms with Gasteiger partial charge in [0.1, 0.15) is 5.84 Å². The maximum Gasteiger partial charge on any atom is 0.256 e. The Kier molecular flexibility index (Phi) is 6.08. The van der Waals surface area contributed by atoms with Gasteiger partial charge in [-0.3, -0.25) is 4.79 Å². The van der Waals surface area contributed by atoms with Crippen LogP contribution in [-0.2, 0) is 6.42 Å². The summed E-state index contributed by atoms with van der Waals surface area (Å²) < 4.78 is 0. The van der Waals surface area contributed by atoms with Crippen LogP contribution in [0.25, 0.3) is 0 Å². The summed E-state index contributed by atoms with van der Waals surface area (Å²) in [4.78, 5) is 14.4. The van der Waals surface area contributed by atoms with Gasteiger partial charge in [-0.25, -0.2) is 0 Å². The monoisotopic (exact) mass is 293 g/mol. The highest BCUT2D eigenvalue weighted by Gasteiger charge is 2.22. The van der Waals surface area contributed by atoms with Gasteiger partial charge in [-0.1, -0.05) is 12.1 Å². The van der Waals surface area contributed by atoms with Crippen molar-refractivity contribution in [2.24, 2.45) is 10.9 Å². The van der Waals surface area contributed by atoms with Gasteiger partial charge in [-0.05, 0) is 33.3 Å². The van der Waals surface area contributed by atoms with E-state index < -0.39 is 0 Å². The van der Waals surface area contributed by atoms with E-state index in [9.17, 15) is 4.79 Å². The smallest absolute Gasteiger partial charge is 0.256 e. The number of oxime groups is 1. The number of nitrogens with zero attached hydrogens (tertiary/aromatic N) is 4. The van der Waals surface area contributed by atoms with Gasteiger partial charge in [0.2, 0.25) is 0 Å². The molecule has 0 aliphatic carbocycles. The molecule has 0 unspecified atom stereocenters. The zero-order valence-corrected chi connectivity index (χ0v) is 13.0. The molecule has 1 amide bonds. The molecule has 0 radical (unpaired) electrons. The molecule has 0 saturated heterocycles. The number of aromatic nitrogens is 2. The third-order valence-electron chi connectivity index (χ3n) is 3.18. The number of amidine groups is 1. The standard InChI is InChI=1S/C14H23N5O2/c1-5-12-11(8-10(4)16-17-12)14(20)19(9(2)3)7-6-13(15)18-21/h8-9,21H,5-7H2,1-4H3,(H2,15,18). The normalized spacial score (nSPS) is 11.8. The molecule has 116 valence electrons. The van der Waals surface area contributed by atoms with Crippen molar-refractivity contribution in [1.29, 1.82) is 0 Å². The molecule has 7 heteroatoms. The number of carbonyl (C=O) groups is 1. The molecule has 0 atom stereocenters. The molecule has 1 rings (SSSR count). The zero-order valence-electron chi connectivity index (χ0n) is 13.0.